The summed E-state index contributed by atoms with van der Waals surface area (Å²) in [5.74, 6) is 1.29. The van der Waals surface area contributed by atoms with Crippen LogP contribution in [-0.2, 0) is 0 Å². The van der Waals surface area contributed by atoms with E-state index in [-0.39, 0.29) is 0 Å². The third kappa shape index (κ3) is 4.76. The number of rotatable bonds is 5. The molecule has 0 unspecified atom stereocenters. The van der Waals surface area contributed by atoms with Gasteiger partial charge in [-0.1, -0.05) is 43.6 Å². The molecule has 0 saturated carbocycles. The molecule has 0 N–H and O–H groups in total. The van der Waals surface area contributed by atoms with Crippen LogP contribution in [0, 0.1) is 5.41 Å². The quantitative estimate of drug-likeness (QED) is 0.690. The molecular weight excluding hydrogens is 294 g/mol. The molecule has 102 valence electrons. The zero-order valence-electron chi connectivity index (χ0n) is 11.9. The van der Waals surface area contributed by atoms with Crippen LogP contribution in [0.1, 0.15) is 47.0 Å². The van der Waals surface area contributed by atoms with Gasteiger partial charge in [0.25, 0.3) is 0 Å². The maximum absolute atomic E-state index is 3.73. The van der Waals surface area contributed by atoms with E-state index in [1.807, 2.05) is 0 Å². The Morgan fingerprint density at radius 1 is 1.24 bits per heavy atom. The predicted molar refractivity (Wildman–Crippen MR) is 84.4 cm³/mol. The van der Waals surface area contributed by atoms with Crippen LogP contribution in [0.4, 0.5) is 0 Å². The van der Waals surface area contributed by atoms with Gasteiger partial charge in [0.1, 0.15) is 0 Å². The lowest BCUT2D eigenvalue weighted by atomic mass is 9.84. The lowest BCUT2D eigenvalue weighted by Gasteiger charge is -2.35. The van der Waals surface area contributed by atoms with Crippen molar-refractivity contribution in [2.45, 2.75) is 51.7 Å². The topological polar surface area (TPSA) is 3.24 Å². The van der Waals surface area contributed by atoms with Crippen LogP contribution in [0.25, 0.3) is 0 Å². The Kier molecular flexibility index (Phi) is 6.35. The fraction of sp³-hybridized carbons (Fsp3) is 1.00. The Hall–Kier alpha value is 0.790. The molecule has 1 saturated heterocycles. The maximum atomic E-state index is 3.73. The van der Waals surface area contributed by atoms with Gasteiger partial charge in [0.15, 0.2) is 0 Å². The largest absolute Gasteiger partial charge is 0.302 e. The van der Waals surface area contributed by atoms with E-state index in [0.717, 1.165) is 5.33 Å². The minimum Gasteiger partial charge on any atom is -0.302 e. The Labute approximate surface area is 120 Å². The van der Waals surface area contributed by atoms with Crippen LogP contribution < -0.4 is 0 Å². The van der Waals surface area contributed by atoms with Gasteiger partial charge in [-0.05, 0) is 31.2 Å². The van der Waals surface area contributed by atoms with E-state index in [1.54, 1.807) is 0 Å². The lowest BCUT2D eigenvalue weighted by Crippen LogP contribution is -2.39. The molecule has 1 nitrogen and oxygen atoms in total. The standard InChI is InChI=1S/C14H28BrNS/c1-5-14(6-2,11-15)12-16-8-7-13(3,4)17-10-9-16/h5-12H2,1-4H3. The van der Waals surface area contributed by atoms with Crippen LogP contribution in [0.2, 0.25) is 0 Å². The summed E-state index contributed by atoms with van der Waals surface area (Å²) in [5, 5.41) is 1.14. The molecule has 1 heterocycles. The zero-order valence-corrected chi connectivity index (χ0v) is 14.3. The summed E-state index contributed by atoms with van der Waals surface area (Å²) in [6.45, 7) is 13.2. The molecule has 0 aromatic carbocycles. The summed E-state index contributed by atoms with van der Waals surface area (Å²) in [7, 11) is 0. The van der Waals surface area contributed by atoms with Gasteiger partial charge in [0.2, 0.25) is 0 Å². The van der Waals surface area contributed by atoms with Gasteiger partial charge in [-0.2, -0.15) is 11.8 Å². The molecule has 0 atom stereocenters. The van der Waals surface area contributed by atoms with Crippen molar-refractivity contribution in [1.29, 1.82) is 0 Å². The van der Waals surface area contributed by atoms with Crippen molar-refractivity contribution in [3.05, 3.63) is 0 Å². The fourth-order valence-corrected chi connectivity index (χ4v) is 4.51. The van der Waals surface area contributed by atoms with Gasteiger partial charge in [0, 0.05) is 28.9 Å². The summed E-state index contributed by atoms with van der Waals surface area (Å²) in [5.41, 5.74) is 0.485. The molecule has 1 aliphatic heterocycles. The van der Waals surface area contributed by atoms with E-state index >= 15 is 0 Å². The van der Waals surface area contributed by atoms with Crippen molar-refractivity contribution in [2.75, 3.05) is 30.7 Å². The zero-order chi connectivity index (χ0) is 12.9. The first kappa shape index (κ1) is 15.8. The third-order valence-corrected chi connectivity index (χ3v) is 6.83. The van der Waals surface area contributed by atoms with Gasteiger partial charge >= 0.3 is 0 Å². The summed E-state index contributed by atoms with van der Waals surface area (Å²) in [6.07, 6.45) is 3.88. The van der Waals surface area contributed by atoms with Crippen LogP contribution >= 0.6 is 27.7 Å². The molecular formula is C14H28BrNS. The highest BCUT2D eigenvalue weighted by Crippen LogP contribution is 2.34. The first-order valence-electron chi connectivity index (χ1n) is 6.89. The second-order valence-corrected chi connectivity index (χ2v) is 8.34. The van der Waals surface area contributed by atoms with Crippen molar-refractivity contribution >= 4 is 27.7 Å². The average molecular weight is 322 g/mol. The Morgan fingerprint density at radius 3 is 2.41 bits per heavy atom. The van der Waals surface area contributed by atoms with Crippen LogP contribution in [-0.4, -0.2) is 40.4 Å². The molecule has 1 aliphatic rings. The first-order chi connectivity index (χ1) is 7.97. The van der Waals surface area contributed by atoms with E-state index in [9.17, 15) is 0 Å². The minimum atomic E-state index is 0.476. The molecule has 0 bridgehead atoms. The van der Waals surface area contributed by atoms with Gasteiger partial charge in [0.05, 0.1) is 0 Å². The summed E-state index contributed by atoms with van der Waals surface area (Å²) in [6, 6.07) is 0. The molecule has 0 radical (unpaired) electrons. The van der Waals surface area contributed by atoms with Gasteiger partial charge in [-0.3, -0.25) is 0 Å². The van der Waals surface area contributed by atoms with E-state index in [1.165, 1.54) is 44.6 Å². The first-order valence-corrected chi connectivity index (χ1v) is 9.00. The van der Waals surface area contributed by atoms with E-state index < -0.39 is 0 Å². The normalized spacial score (nSPS) is 22.4. The van der Waals surface area contributed by atoms with Crippen molar-refractivity contribution in [3.8, 4) is 0 Å². The summed E-state index contributed by atoms with van der Waals surface area (Å²) in [4.78, 5) is 2.69. The Morgan fingerprint density at radius 2 is 1.88 bits per heavy atom. The predicted octanol–water partition coefficient (Wildman–Crippen LogP) is 4.41. The highest BCUT2D eigenvalue weighted by Gasteiger charge is 2.30. The van der Waals surface area contributed by atoms with Gasteiger partial charge in [-0.15, -0.1) is 0 Å². The molecule has 0 amide bonds. The Balaban J connectivity index is 2.56. The second kappa shape index (κ2) is 6.81. The molecule has 0 spiro atoms. The van der Waals surface area contributed by atoms with Crippen molar-refractivity contribution in [3.63, 3.8) is 0 Å². The fourth-order valence-electron chi connectivity index (χ4n) is 2.40. The molecule has 0 aliphatic carbocycles. The number of hydrogen-bond donors (Lipinski definition) is 0. The minimum absolute atomic E-state index is 0.476. The highest BCUT2D eigenvalue weighted by molar-refractivity contribution is 9.09. The smallest absolute Gasteiger partial charge is 0.0116 e. The van der Waals surface area contributed by atoms with Crippen LogP contribution in [0.15, 0.2) is 0 Å². The lowest BCUT2D eigenvalue weighted by molar-refractivity contribution is 0.164. The van der Waals surface area contributed by atoms with E-state index in [0.29, 0.717) is 10.2 Å². The molecule has 1 rings (SSSR count). The van der Waals surface area contributed by atoms with Crippen molar-refractivity contribution < 1.29 is 0 Å². The Bertz CT molecular complexity index is 218. The number of nitrogens with zero attached hydrogens (tertiary/aromatic N) is 1. The molecule has 1 fully saturated rings. The number of hydrogen-bond acceptors (Lipinski definition) is 2. The summed E-state index contributed by atoms with van der Waals surface area (Å²) >= 11 is 5.87. The van der Waals surface area contributed by atoms with Crippen LogP contribution in [0.5, 0.6) is 0 Å². The number of thioether (sulfide) groups is 1. The van der Waals surface area contributed by atoms with Gasteiger partial charge < -0.3 is 4.90 Å². The van der Waals surface area contributed by atoms with Crippen molar-refractivity contribution in [1.82, 2.24) is 4.90 Å². The van der Waals surface area contributed by atoms with E-state index in [2.05, 4.69) is 60.3 Å². The monoisotopic (exact) mass is 321 g/mol. The highest BCUT2D eigenvalue weighted by atomic mass is 79.9. The van der Waals surface area contributed by atoms with Gasteiger partial charge in [-0.25, -0.2) is 0 Å². The SMILES string of the molecule is CCC(CC)(CBr)CN1CCSC(C)(C)CC1. The number of halogens is 1. The molecule has 0 aromatic heterocycles. The van der Waals surface area contributed by atoms with Crippen molar-refractivity contribution in [2.24, 2.45) is 5.41 Å². The second-order valence-electron chi connectivity index (χ2n) is 5.98. The van der Waals surface area contributed by atoms with Crippen LogP contribution in [0.3, 0.4) is 0 Å². The molecule has 3 heteroatoms. The maximum Gasteiger partial charge on any atom is 0.0116 e. The van der Waals surface area contributed by atoms with E-state index in [4.69, 9.17) is 0 Å². The molecule has 0 aromatic rings. The third-order valence-electron chi connectivity index (χ3n) is 4.27. The molecule has 17 heavy (non-hydrogen) atoms. The summed E-state index contributed by atoms with van der Waals surface area (Å²) < 4.78 is 0.476. The average Bonchev–Trinajstić information content (AvgIpc) is 2.48. The number of alkyl halides is 1.